The van der Waals surface area contributed by atoms with Crippen molar-refractivity contribution in [3.05, 3.63) is 42.1 Å². The molecule has 0 aromatic carbocycles. The van der Waals surface area contributed by atoms with Crippen molar-refractivity contribution in [2.45, 2.75) is 117 Å². The van der Waals surface area contributed by atoms with Gasteiger partial charge in [0.15, 0.2) is 0 Å². The van der Waals surface area contributed by atoms with E-state index in [1.165, 1.54) is 6.20 Å². The van der Waals surface area contributed by atoms with Crippen LogP contribution in [0.5, 0.6) is 0 Å². The SMILES string of the molecule is CC(C)[C@H]1COCCCCn2cnc(c2)C[C@@H](NC(=O)N[C@@H](Cc2ccc(NC(=O)OC(C)(C)C)nc2)C(=O)OC(C)(C)C)C(=O)N1. The number of anilines is 1. The Bertz CT molecular complexity index is 1350. The molecule has 3 atom stereocenters. The number of amides is 4. The summed E-state index contributed by atoms with van der Waals surface area (Å²) in [5.41, 5.74) is -0.243. The minimum absolute atomic E-state index is 0.0378. The maximum atomic E-state index is 13.6. The molecule has 14 heteroatoms. The fraction of sp³-hybridized carbons (Fsp3) is 0.636. The number of carbonyl (C=O) groups excluding carboxylic acids is 4. The molecule has 2 bridgehead atoms. The standard InChI is InChI=1S/C33H51N7O7/c1-21(2)26-19-45-14-10-9-13-40-18-23(35-20-40)16-24(28(41)36-26)37-30(43)38-25(29(42)46-32(3,4)5)15-22-11-12-27(34-17-22)39-31(44)47-33(6,7)8/h11-12,17-18,20-21,24-26H,9-10,13-16,19H2,1-8H3,(H,36,41)(H,34,39,44)(H2,37,38,43)/t24-,25+,26-/m1/s1. The van der Waals surface area contributed by atoms with Crippen molar-refractivity contribution >= 4 is 29.8 Å². The molecule has 1 aliphatic heterocycles. The molecule has 1 aliphatic rings. The molecule has 4 N–H and O–H groups in total. The summed E-state index contributed by atoms with van der Waals surface area (Å²) in [4.78, 5) is 61.0. The van der Waals surface area contributed by atoms with Crippen LogP contribution in [0, 0.1) is 5.92 Å². The lowest BCUT2D eigenvalue weighted by Gasteiger charge is -2.27. The second kappa shape index (κ2) is 16.6. The average molecular weight is 658 g/mol. The van der Waals surface area contributed by atoms with E-state index in [1.54, 1.807) is 60.0 Å². The third-order valence-corrected chi connectivity index (χ3v) is 7.00. The van der Waals surface area contributed by atoms with E-state index in [0.29, 0.717) is 24.5 Å². The second-order valence-corrected chi connectivity index (χ2v) is 14.1. The number of rotatable bonds is 7. The van der Waals surface area contributed by atoms with Gasteiger partial charge in [0.25, 0.3) is 0 Å². The lowest BCUT2D eigenvalue weighted by Crippen LogP contribution is -2.57. The maximum absolute atomic E-state index is 13.6. The lowest BCUT2D eigenvalue weighted by molar-refractivity contribution is -0.157. The Kier molecular flexibility index (Phi) is 13.1. The highest BCUT2D eigenvalue weighted by Gasteiger charge is 2.30. The first-order chi connectivity index (χ1) is 22.0. The molecule has 3 rings (SSSR count). The fourth-order valence-electron chi connectivity index (χ4n) is 4.63. The third-order valence-electron chi connectivity index (χ3n) is 7.00. The van der Waals surface area contributed by atoms with Crippen LogP contribution in [0.4, 0.5) is 15.4 Å². The molecule has 260 valence electrons. The van der Waals surface area contributed by atoms with E-state index in [9.17, 15) is 19.2 Å². The Morgan fingerprint density at radius 3 is 2.43 bits per heavy atom. The highest BCUT2D eigenvalue weighted by Crippen LogP contribution is 2.15. The Labute approximate surface area is 277 Å². The summed E-state index contributed by atoms with van der Waals surface area (Å²) < 4.78 is 18.7. The molecular weight excluding hydrogens is 606 g/mol. The predicted molar refractivity (Wildman–Crippen MR) is 176 cm³/mol. The topological polar surface area (TPSA) is 175 Å². The van der Waals surface area contributed by atoms with Gasteiger partial charge in [0.2, 0.25) is 5.91 Å². The van der Waals surface area contributed by atoms with Crippen LogP contribution < -0.4 is 21.3 Å². The van der Waals surface area contributed by atoms with Crippen molar-refractivity contribution < 1.29 is 33.4 Å². The molecule has 0 saturated heterocycles. The molecule has 3 heterocycles. The third kappa shape index (κ3) is 13.6. The van der Waals surface area contributed by atoms with Crippen molar-refractivity contribution in [3.63, 3.8) is 0 Å². The summed E-state index contributed by atoms with van der Waals surface area (Å²) in [5, 5.41) is 11.0. The number of nitrogens with one attached hydrogen (secondary N) is 4. The van der Waals surface area contributed by atoms with Gasteiger partial charge in [-0.05, 0) is 71.9 Å². The molecule has 14 nitrogen and oxygen atoms in total. The summed E-state index contributed by atoms with van der Waals surface area (Å²) >= 11 is 0. The first-order valence-electron chi connectivity index (χ1n) is 16.1. The van der Waals surface area contributed by atoms with Crippen LogP contribution in [0.1, 0.15) is 79.5 Å². The Morgan fingerprint density at radius 1 is 1.06 bits per heavy atom. The fourth-order valence-corrected chi connectivity index (χ4v) is 4.63. The number of hydrogen-bond donors (Lipinski definition) is 4. The van der Waals surface area contributed by atoms with E-state index in [1.807, 2.05) is 24.6 Å². The van der Waals surface area contributed by atoms with Gasteiger partial charge >= 0.3 is 18.1 Å². The molecule has 2 aromatic heterocycles. The van der Waals surface area contributed by atoms with Gasteiger partial charge in [-0.15, -0.1) is 0 Å². The number of pyridine rings is 1. The van der Waals surface area contributed by atoms with Crippen molar-refractivity contribution in [1.82, 2.24) is 30.5 Å². The monoisotopic (exact) mass is 657 g/mol. The summed E-state index contributed by atoms with van der Waals surface area (Å²) in [6, 6.07) is 0.158. The highest BCUT2D eigenvalue weighted by molar-refractivity contribution is 5.89. The van der Waals surface area contributed by atoms with Crippen LogP contribution in [0.25, 0.3) is 0 Å². The number of urea groups is 1. The predicted octanol–water partition coefficient (Wildman–Crippen LogP) is 3.74. The number of aryl methyl sites for hydroxylation is 1. The number of esters is 1. The van der Waals surface area contributed by atoms with E-state index in [-0.39, 0.29) is 36.5 Å². The second-order valence-electron chi connectivity index (χ2n) is 14.1. The number of carbonyl (C=O) groups is 4. The van der Waals surface area contributed by atoms with Gasteiger partial charge in [0, 0.05) is 38.4 Å². The lowest BCUT2D eigenvalue weighted by atomic mass is 10.0. The van der Waals surface area contributed by atoms with Gasteiger partial charge in [-0.25, -0.2) is 24.4 Å². The molecule has 0 aliphatic carbocycles. The van der Waals surface area contributed by atoms with Crippen molar-refractivity contribution in [3.8, 4) is 0 Å². The highest BCUT2D eigenvalue weighted by atomic mass is 16.6. The first kappa shape index (κ1) is 37.3. The normalized spacial score (nSPS) is 18.7. The first-order valence-corrected chi connectivity index (χ1v) is 16.1. The zero-order valence-electron chi connectivity index (χ0n) is 28.8. The molecule has 0 radical (unpaired) electrons. The molecule has 47 heavy (non-hydrogen) atoms. The maximum Gasteiger partial charge on any atom is 0.413 e. The van der Waals surface area contributed by atoms with Crippen molar-refractivity contribution in [1.29, 1.82) is 0 Å². The van der Waals surface area contributed by atoms with Crippen LogP contribution in [0.2, 0.25) is 0 Å². The molecule has 0 spiro atoms. The number of hydrogen-bond acceptors (Lipinski definition) is 9. The molecule has 2 aromatic rings. The average Bonchev–Trinajstić information content (AvgIpc) is 3.39. The van der Waals surface area contributed by atoms with Gasteiger partial charge in [-0.3, -0.25) is 10.1 Å². The van der Waals surface area contributed by atoms with E-state index < -0.39 is 41.4 Å². The van der Waals surface area contributed by atoms with Crippen LogP contribution in [0.15, 0.2) is 30.9 Å². The van der Waals surface area contributed by atoms with E-state index >= 15 is 0 Å². The molecular formula is C33H51N7O7. The summed E-state index contributed by atoms with van der Waals surface area (Å²) in [5.74, 6) is -0.693. The quantitative estimate of drug-likeness (QED) is 0.323. The van der Waals surface area contributed by atoms with E-state index in [4.69, 9.17) is 14.2 Å². The van der Waals surface area contributed by atoms with Gasteiger partial charge in [0.05, 0.1) is 24.7 Å². The number of fused-ring (bicyclic) bond motifs is 2. The number of nitrogens with zero attached hydrogens (tertiary/aromatic N) is 3. The summed E-state index contributed by atoms with van der Waals surface area (Å²) in [6.45, 7) is 16.1. The number of aromatic nitrogens is 3. The van der Waals surface area contributed by atoms with Crippen molar-refractivity contribution in [2.24, 2.45) is 5.92 Å². The van der Waals surface area contributed by atoms with Gasteiger partial charge in [-0.2, -0.15) is 0 Å². The van der Waals surface area contributed by atoms with E-state index in [2.05, 4.69) is 31.2 Å². The van der Waals surface area contributed by atoms with Crippen LogP contribution in [-0.4, -0.2) is 81.1 Å². The van der Waals surface area contributed by atoms with Crippen LogP contribution in [-0.2, 0) is 43.2 Å². The Hall–Kier alpha value is -4.20. The summed E-state index contributed by atoms with van der Waals surface area (Å²) in [7, 11) is 0. The number of ether oxygens (including phenoxy) is 3. The largest absolute Gasteiger partial charge is 0.458 e. The minimum Gasteiger partial charge on any atom is -0.458 e. The van der Waals surface area contributed by atoms with Gasteiger partial charge in [0.1, 0.15) is 29.1 Å². The van der Waals surface area contributed by atoms with Gasteiger partial charge < -0.3 is 34.7 Å². The van der Waals surface area contributed by atoms with Gasteiger partial charge in [-0.1, -0.05) is 19.9 Å². The smallest absolute Gasteiger partial charge is 0.413 e. The summed E-state index contributed by atoms with van der Waals surface area (Å²) in [6.07, 6.45) is 6.40. The zero-order chi connectivity index (χ0) is 34.8. The molecule has 0 unspecified atom stereocenters. The molecule has 0 saturated carbocycles. The van der Waals surface area contributed by atoms with Crippen molar-refractivity contribution in [2.75, 3.05) is 18.5 Å². The Balaban J connectivity index is 1.77. The zero-order valence-corrected chi connectivity index (χ0v) is 28.8. The number of imidazole rings is 1. The molecule has 4 amide bonds. The van der Waals surface area contributed by atoms with E-state index in [0.717, 1.165) is 19.4 Å². The van der Waals surface area contributed by atoms with Crippen LogP contribution in [0.3, 0.4) is 0 Å². The van der Waals surface area contributed by atoms with Crippen LogP contribution >= 0.6 is 0 Å². The molecule has 0 fully saturated rings. The Morgan fingerprint density at radius 2 is 1.79 bits per heavy atom. The minimum atomic E-state index is -1.11.